The molecule has 0 unspecified atom stereocenters. The summed E-state index contributed by atoms with van der Waals surface area (Å²) in [6.07, 6.45) is 2.34. The Kier molecular flexibility index (Phi) is 4.41. The van der Waals surface area contributed by atoms with Crippen molar-refractivity contribution in [2.75, 3.05) is 0 Å². The van der Waals surface area contributed by atoms with Gasteiger partial charge in [0.25, 0.3) is 0 Å². The smallest absolute Gasteiger partial charge is 0.169 e. The van der Waals surface area contributed by atoms with Crippen LogP contribution >= 0.6 is 0 Å². The molecule has 0 amide bonds. The first-order chi connectivity index (χ1) is 10.0. The van der Waals surface area contributed by atoms with E-state index in [2.05, 4.69) is 19.9 Å². The van der Waals surface area contributed by atoms with Crippen LogP contribution in [0.5, 0.6) is 17.2 Å². The van der Waals surface area contributed by atoms with Crippen molar-refractivity contribution >= 4 is 0 Å². The zero-order valence-corrected chi connectivity index (χ0v) is 12.8. The van der Waals surface area contributed by atoms with Crippen LogP contribution in [-0.2, 0) is 19.3 Å². The van der Waals surface area contributed by atoms with E-state index in [9.17, 15) is 15.3 Å². The summed E-state index contributed by atoms with van der Waals surface area (Å²) in [5.74, 6) is -0.414. The lowest BCUT2D eigenvalue weighted by molar-refractivity contribution is 0.397. The van der Waals surface area contributed by atoms with Crippen LogP contribution < -0.4 is 0 Å². The lowest BCUT2D eigenvalue weighted by atomic mass is 9.94. The first-order valence-corrected chi connectivity index (χ1v) is 7.41. The number of benzene rings is 2. The molecule has 2 rings (SSSR count). The molecular formula is C18H22O3. The third kappa shape index (κ3) is 2.82. The Morgan fingerprint density at radius 2 is 1.29 bits per heavy atom. The van der Waals surface area contributed by atoms with Crippen LogP contribution in [0.1, 0.15) is 37.5 Å². The number of phenolic OH excluding ortho intramolecular Hbond substituents is 3. The van der Waals surface area contributed by atoms with Crippen LogP contribution in [-0.4, -0.2) is 15.3 Å². The molecule has 0 aliphatic rings. The topological polar surface area (TPSA) is 60.7 Å². The maximum atomic E-state index is 10.4. The van der Waals surface area contributed by atoms with E-state index in [1.54, 1.807) is 0 Å². The predicted octanol–water partition coefficient (Wildman–Crippen LogP) is 4.16. The van der Waals surface area contributed by atoms with E-state index in [0.29, 0.717) is 17.5 Å². The molecule has 0 fully saturated rings. The molecule has 3 nitrogen and oxygen atoms in total. The second-order valence-corrected chi connectivity index (χ2v) is 5.23. The molecule has 2 aromatic rings. The predicted molar refractivity (Wildman–Crippen MR) is 85.0 cm³/mol. The van der Waals surface area contributed by atoms with Gasteiger partial charge < -0.3 is 15.3 Å². The zero-order chi connectivity index (χ0) is 15.6. The summed E-state index contributed by atoms with van der Waals surface area (Å²) in [4.78, 5) is 0. The van der Waals surface area contributed by atoms with Crippen LogP contribution in [0.4, 0.5) is 0 Å². The molecule has 0 aromatic heterocycles. The third-order valence-corrected chi connectivity index (χ3v) is 3.87. The lowest BCUT2D eigenvalue weighted by Gasteiger charge is -2.14. The van der Waals surface area contributed by atoms with Crippen molar-refractivity contribution in [3.63, 3.8) is 0 Å². The van der Waals surface area contributed by atoms with E-state index < -0.39 is 0 Å². The number of phenols is 3. The van der Waals surface area contributed by atoms with Gasteiger partial charge in [-0.1, -0.05) is 39.0 Å². The van der Waals surface area contributed by atoms with Gasteiger partial charge in [0, 0.05) is 0 Å². The number of hydrogen-bond acceptors (Lipinski definition) is 3. The Bertz CT molecular complexity index is 638. The average molecular weight is 286 g/mol. The average Bonchev–Trinajstić information content (AvgIpc) is 2.50. The second-order valence-electron chi connectivity index (χ2n) is 5.23. The fourth-order valence-corrected chi connectivity index (χ4v) is 2.56. The number of aromatic hydroxyl groups is 3. The summed E-state index contributed by atoms with van der Waals surface area (Å²) in [7, 11) is 0. The highest BCUT2D eigenvalue weighted by atomic mass is 16.3. The fourth-order valence-electron chi connectivity index (χ4n) is 2.56. The molecule has 0 bridgehead atoms. The van der Waals surface area contributed by atoms with Crippen molar-refractivity contribution in [3.8, 4) is 28.4 Å². The quantitative estimate of drug-likeness (QED) is 0.584. The monoisotopic (exact) mass is 286 g/mol. The van der Waals surface area contributed by atoms with Crippen LogP contribution in [0, 0.1) is 0 Å². The second kappa shape index (κ2) is 6.08. The Balaban J connectivity index is 2.74. The third-order valence-electron chi connectivity index (χ3n) is 3.87. The van der Waals surface area contributed by atoms with Crippen molar-refractivity contribution in [2.45, 2.75) is 40.0 Å². The van der Waals surface area contributed by atoms with Crippen LogP contribution in [0.25, 0.3) is 11.1 Å². The largest absolute Gasteiger partial charge is 0.507 e. The molecule has 3 N–H and O–H groups in total. The first-order valence-electron chi connectivity index (χ1n) is 7.41. The van der Waals surface area contributed by atoms with Gasteiger partial charge in [-0.3, -0.25) is 0 Å². The van der Waals surface area contributed by atoms with E-state index in [1.807, 2.05) is 19.1 Å². The molecule has 2 aromatic carbocycles. The first kappa shape index (κ1) is 15.2. The molecule has 21 heavy (non-hydrogen) atoms. The molecule has 3 heteroatoms. The molecule has 112 valence electrons. The van der Waals surface area contributed by atoms with Gasteiger partial charge in [0.2, 0.25) is 0 Å². The van der Waals surface area contributed by atoms with Crippen molar-refractivity contribution in [1.82, 2.24) is 0 Å². The van der Waals surface area contributed by atoms with Gasteiger partial charge in [0.15, 0.2) is 11.5 Å². The molecule has 0 aliphatic carbocycles. The molecule has 0 saturated carbocycles. The molecule has 0 heterocycles. The molecule has 0 radical (unpaired) electrons. The molecule has 0 aliphatic heterocycles. The molecule has 0 saturated heterocycles. The number of rotatable bonds is 4. The van der Waals surface area contributed by atoms with Gasteiger partial charge in [0.05, 0.1) is 5.56 Å². The van der Waals surface area contributed by atoms with Crippen LogP contribution in [0.2, 0.25) is 0 Å². The van der Waals surface area contributed by atoms with Gasteiger partial charge in [-0.05, 0) is 47.6 Å². The summed E-state index contributed by atoms with van der Waals surface area (Å²) in [6, 6.07) is 7.44. The summed E-state index contributed by atoms with van der Waals surface area (Å²) in [5.41, 5.74) is 3.97. The minimum Gasteiger partial charge on any atom is -0.507 e. The van der Waals surface area contributed by atoms with Gasteiger partial charge in [-0.25, -0.2) is 0 Å². The zero-order valence-electron chi connectivity index (χ0n) is 12.8. The molecule has 0 spiro atoms. The van der Waals surface area contributed by atoms with E-state index in [1.165, 1.54) is 6.07 Å². The lowest BCUT2D eigenvalue weighted by Crippen LogP contribution is -1.92. The highest BCUT2D eigenvalue weighted by molar-refractivity contribution is 5.81. The van der Waals surface area contributed by atoms with Gasteiger partial charge in [0.1, 0.15) is 5.75 Å². The maximum Gasteiger partial charge on any atom is 0.169 e. The summed E-state index contributed by atoms with van der Waals surface area (Å²) in [5, 5.41) is 30.5. The highest BCUT2D eigenvalue weighted by Crippen LogP contribution is 2.45. The Hall–Kier alpha value is -2.16. The van der Waals surface area contributed by atoms with Crippen molar-refractivity contribution in [2.24, 2.45) is 0 Å². The normalized spacial score (nSPS) is 10.8. The van der Waals surface area contributed by atoms with Crippen LogP contribution in [0.3, 0.4) is 0 Å². The van der Waals surface area contributed by atoms with E-state index in [-0.39, 0.29) is 17.2 Å². The fraction of sp³-hybridized carbons (Fsp3) is 0.333. The van der Waals surface area contributed by atoms with E-state index >= 15 is 0 Å². The van der Waals surface area contributed by atoms with Gasteiger partial charge in [-0.15, -0.1) is 0 Å². The Morgan fingerprint density at radius 1 is 0.714 bits per heavy atom. The van der Waals surface area contributed by atoms with Crippen LogP contribution in [0.15, 0.2) is 24.3 Å². The SMILES string of the molecule is CCc1cc(CC)cc(-c2c(O)c(O)cc(CC)c2O)c1. The number of hydrogen-bond donors (Lipinski definition) is 3. The Labute approximate surface area is 125 Å². The Morgan fingerprint density at radius 3 is 1.76 bits per heavy atom. The maximum absolute atomic E-state index is 10.4. The summed E-state index contributed by atoms with van der Waals surface area (Å²) < 4.78 is 0. The van der Waals surface area contributed by atoms with Gasteiger partial charge in [-0.2, -0.15) is 0 Å². The summed E-state index contributed by atoms with van der Waals surface area (Å²) in [6.45, 7) is 6.03. The molecule has 0 atom stereocenters. The van der Waals surface area contributed by atoms with E-state index in [4.69, 9.17) is 0 Å². The standard InChI is InChI=1S/C18H22O3/c1-4-11-7-12(5-2)9-14(8-11)16-17(20)13(6-3)10-15(19)18(16)21/h7-10,19-21H,4-6H2,1-3H3. The summed E-state index contributed by atoms with van der Waals surface area (Å²) >= 11 is 0. The molecular weight excluding hydrogens is 264 g/mol. The number of aryl methyl sites for hydroxylation is 3. The highest BCUT2D eigenvalue weighted by Gasteiger charge is 2.18. The van der Waals surface area contributed by atoms with Gasteiger partial charge >= 0.3 is 0 Å². The van der Waals surface area contributed by atoms with E-state index in [0.717, 1.165) is 29.5 Å². The van der Waals surface area contributed by atoms with Crippen molar-refractivity contribution < 1.29 is 15.3 Å². The van der Waals surface area contributed by atoms with Crippen molar-refractivity contribution in [3.05, 3.63) is 41.0 Å². The minimum absolute atomic E-state index is 0.0445. The van der Waals surface area contributed by atoms with Crippen molar-refractivity contribution in [1.29, 1.82) is 0 Å². The minimum atomic E-state index is -0.264.